The van der Waals surface area contributed by atoms with E-state index in [9.17, 15) is 27.5 Å². The fourth-order valence-corrected chi connectivity index (χ4v) is 1.97. The largest absolute Gasteiger partial charge is 0.508 e. The molecule has 0 aromatic heterocycles. The molecule has 0 aliphatic rings. The van der Waals surface area contributed by atoms with Crippen LogP contribution < -0.4 is 0 Å². The summed E-state index contributed by atoms with van der Waals surface area (Å²) >= 11 is 0. The number of carbonyl (C=O) groups excluding carboxylic acids is 1. The lowest BCUT2D eigenvalue weighted by Crippen LogP contribution is -2.07. The minimum absolute atomic E-state index is 0.0227. The molecule has 130 valence electrons. The van der Waals surface area contributed by atoms with E-state index in [1.54, 1.807) is 6.92 Å². The molecular formula is C18H12F4O3. The normalized spacial score (nSPS) is 10.8. The van der Waals surface area contributed by atoms with Gasteiger partial charge in [0.15, 0.2) is 0 Å². The molecule has 0 bridgehead atoms. The highest BCUT2D eigenvalue weighted by Crippen LogP contribution is 2.33. The molecule has 0 amide bonds. The van der Waals surface area contributed by atoms with Gasteiger partial charge in [-0.05, 0) is 43.3 Å². The molecule has 0 unspecified atom stereocenters. The van der Waals surface area contributed by atoms with Gasteiger partial charge in [-0.25, -0.2) is 9.18 Å². The summed E-state index contributed by atoms with van der Waals surface area (Å²) in [7, 11) is 0. The maximum Gasteiger partial charge on any atom is 0.417 e. The first-order valence-electron chi connectivity index (χ1n) is 7.11. The Balaban J connectivity index is 2.38. The molecule has 1 N–H and O–H groups in total. The van der Waals surface area contributed by atoms with Crippen molar-refractivity contribution in [2.75, 3.05) is 6.61 Å². The van der Waals surface area contributed by atoms with Crippen LogP contribution in [0.1, 0.15) is 34.0 Å². The van der Waals surface area contributed by atoms with Gasteiger partial charge in [-0.2, -0.15) is 13.2 Å². The number of carbonyl (C=O) groups is 1. The van der Waals surface area contributed by atoms with E-state index >= 15 is 0 Å². The van der Waals surface area contributed by atoms with Gasteiger partial charge in [0.05, 0.1) is 23.3 Å². The van der Waals surface area contributed by atoms with E-state index < -0.39 is 34.8 Å². The molecule has 0 fully saturated rings. The van der Waals surface area contributed by atoms with E-state index in [1.807, 2.05) is 0 Å². The summed E-state index contributed by atoms with van der Waals surface area (Å²) in [5.74, 6) is 2.42. The number of rotatable bonds is 2. The van der Waals surface area contributed by atoms with E-state index in [2.05, 4.69) is 11.8 Å². The summed E-state index contributed by atoms with van der Waals surface area (Å²) in [5.41, 5.74) is -1.72. The summed E-state index contributed by atoms with van der Waals surface area (Å²) in [6, 6.07) is 5.96. The Hall–Kier alpha value is -3.01. The third-order valence-electron chi connectivity index (χ3n) is 3.12. The first-order valence-corrected chi connectivity index (χ1v) is 7.11. The smallest absolute Gasteiger partial charge is 0.417 e. The molecule has 0 aliphatic heterocycles. The zero-order valence-corrected chi connectivity index (χ0v) is 12.9. The molecule has 0 saturated carbocycles. The number of phenolic OH excluding ortho intramolecular Hbond substituents is 1. The summed E-state index contributed by atoms with van der Waals surface area (Å²) < 4.78 is 57.5. The quantitative estimate of drug-likeness (QED) is 0.502. The molecule has 3 nitrogen and oxygen atoms in total. The van der Waals surface area contributed by atoms with Crippen LogP contribution in [0.2, 0.25) is 0 Å². The van der Waals surface area contributed by atoms with Crippen LogP contribution >= 0.6 is 0 Å². The number of hydrogen-bond donors (Lipinski definition) is 1. The molecule has 7 heteroatoms. The highest BCUT2D eigenvalue weighted by Gasteiger charge is 2.33. The number of benzene rings is 2. The van der Waals surface area contributed by atoms with Crippen molar-refractivity contribution in [1.29, 1.82) is 0 Å². The zero-order chi connectivity index (χ0) is 18.6. The van der Waals surface area contributed by atoms with E-state index in [0.717, 1.165) is 18.2 Å². The Kier molecular flexibility index (Phi) is 5.32. The summed E-state index contributed by atoms with van der Waals surface area (Å²) in [4.78, 5) is 11.5. The van der Waals surface area contributed by atoms with Crippen LogP contribution in [0, 0.1) is 17.7 Å². The van der Waals surface area contributed by atoms with Crippen molar-refractivity contribution >= 4 is 5.97 Å². The number of hydrogen-bond acceptors (Lipinski definition) is 3. The van der Waals surface area contributed by atoms with Crippen LogP contribution in [-0.4, -0.2) is 17.7 Å². The highest BCUT2D eigenvalue weighted by atomic mass is 19.4. The van der Waals surface area contributed by atoms with Crippen LogP contribution in [0.25, 0.3) is 0 Å². The standard InChI is InChI=1S/C18H12F4O3/c1-2-25-17(24)13-6-5-12(16(19)9-13)4-3-11-7-8-14(23)10-15(11)18(20,21)22/h5-10,23H,2H2,1H3. The Labute approximate surface area is 140 Å². The number of alkyl halides is 3. The number of esters is 1. The Morgan fingerprint density at radius 2 is 1.76 bits per heavy atom. The first kappa shape index (κ1) is 18.3. The molecule has 2 rings (SSSR count). The lowest BCUT2D eigenvalue weighted by molar-refractivity contribution is -0.137. The van der Waals surface area contributed by atoms with E-state index in [0.29, 0.717) is 6.07 Å². The van der Waals surface area contributed by atoms with Gasteiger partial charge >= 0.3 is 12.1 Å². The summed E-state index contributed by atoms with van der Waals surface area (Å²) in [5, 5.41) is 9.20. The van der Waals surface area contributed by atoms with Crippen molar-refractivity contribution in [1.82, 2.24) is 0 Å². The van der Waals surface area contributed by atoms with Gasteiger partial charge in [-0.1, -0.05) is 11.8 Å². The SMILES string of the molecule is CCOC(=O)c1ccc(C#Cc2ccc(O)cc2C(F)(F)F)c(F)c1. The van der Waals surface area contributed by atoms with Crippen LogP contribution in [0.3, 0.4) is 0 Å². The van der Waals surface area contributed by atoms with Gasteiger partial charge < -0.3 is 9.84 Å². The Bertz CT molecular complexity index is 861. The van der Waals surface area contributed by atoms with Crippen molar-refractivity contribution in [3.05, 3.63) is 64.5 Å². The van der Waals surface area contributed by atoms with Crippen molar-refractivity contribution in [2.24, 2.45) is 0 Å². The van der Waals surface area contributed by atoms with Gasteiger partial charge in [0.2, 0.25) is 0 Å². The maximum atomic E-state index is 14.0. The van der Waals surface area contributed by atoms with Gasteiger partial charge in [0, 0.05) is 5.56 Å². The zero-order valence-electron chi connectivity index (χ0n) is 12.9. The van der Waals surface area contributed by atoms with Crippen molar-refractivity contribution in [2.45, 2.75) is 13.1 Å². The molecule has 0 spiro atoms. The molecule has 25 heavy (non-hydrogen) atoms. The first-order chi connectivity index (χ1) is 11.7. The van der Waals surface area contributed by atoms with Gasteiger partial charge in [-0.3, -0.25) is 0 Å². The topological polar surface area (TPSA) is 46.5 Å². The van der Waals surface area contributed by atoms with Crippen LogP contribution in [0.5, 0.6) is 5.75 Å². The predicted molar refractivity (Wildman–Crippen MR) is 81.4 cm³/mol. The Morgan fingerprint density at radius 3 is 2.36 bits per heavy atom. The maximum absolute atomic E-state index is 14.0. The fourth-order valence-electron chi connectivity index (χ4n) is 1.97. The molecule has 0 atom stereocenters. The van der Waals surface area contributed by atoms with Gasteiger partial charge in [0.1, 0.15) is 11.6 Å². The van der Waals surface area contributed by atoms with E-state index in [4.69, 9.17) is 4.74 Å². The van der Waals surface area contributed by atoms with Crippen molar-refractivity contribution in [3.63, 3.8) is 0 Å². The summed E-state index contributed by atoms with van der Waals surface area (Å²) in [6.07, 6.45) is -4.71. The number of aromatic hydroxyl groups is 1. The second-order valence-electron chi connectivity index (χ2n) is 4.89. The number of ether oxygens (including phenoxy) is 1. The van der Waals surface area contributed by atoms with E-state index in [1.165, 1.54) is 12.1 Å². The van der Waals surface area contributed by atoms with E-state index in [-0.39, 0.29) is 17.7 Å². The fraction of sp³-hybridized carbons (Fsp3) is 0.167. The average Bonchev–Trinajstić information content (AvgIpc) is 2.54. The van der Waals surface area contributed by atoms with Crippen LogP contribution in [0.15, 0.2) is 36.4 Å². The van der Waals surface area contributed by atoms with Crippen LogP contribution in [-0.2, 0) is 10.9 Å². The molecule has 0 heterocycles. The van der Waals surface area contributed by atoms with Crippen molar-refractivity contribution < 1.29 is 32.2 Å². The predicted octanol–water partition coefficient (Wildman–Crippen LogP) is 4.13. The van der Waals surface area contributed by atoms with Crippen LogP contribution in [0.4, 0.5) is 17.6 Å². The molecular weight excluding hydrogens is 340 g/mol. The Morgan fingerprint density at radius 1 is 1.12 bits per heavy atom. The monoisotopic (exact) mass is 352 g/mol. The molecule has 0 aliphatic carbocycles. The van der Waals surface area contributed by atoms with Gasteiger partial charge in [-0.15, -0.1) is 0 Å². The number of phenols is 1. The summed E-state index contributed by atoms with van der Waals surface area (Å²) in [6.45, 7) is 1.73. The highest BCUT2D eigenvalue weighted by molar-refractivity contribution is 5.89. The van der Waals surface area contributed by atoms with Crippen molar-refractivity contribution in [3.8, 4) is 17.6 Å². The third kappa shape index (κ3) is 4.51. The second kappa shape index (κ2) is 7.26. The molecule has 0 radical (unpaired) electrons. The lowest BCUT2D eigenvalue weighted by Gasteiger charge is -2.09. The minimum atomic E-state index is -4.71. The molecule has 2 aromatic rings. The number of halogens is 4. The lowest BCUT2D eigenvalue weighted by atomic mass is 10.1. The molecule has 0 saturated heterocycles. The third-order valence-corrected chi connectivity index (χ3v) is 3.12. The average molecular weight is 352 g/mol. The van der Waals surface area contributed by atoms with Gasteiger partial charge in [0.25, 0.3) is 0 Å². The second-order valence-corrected chi connectivity index (χ2v) is 4.89. The molecule has 2 aromatic carbocycles. The minimum Gasteiger partial charge on any atom is -0.508 e.